The van der Waals surface area contributed by atoms with Crippen molar-refractivity contribution in [3.05, 3.63) is 29.8 Å². The van der Waals surface area contributed by atoms with E-state index in [1.165, 1.54) is 12.1 Å². The maximum absolute atomic E-state index is 12.2. The van der Waals surface area contributed by atoms with Gasteiger partial charge in [0.15, 0.2) is 6.29 Å². The minimum atomic E-state index is -3.88. The van der Waals surface area contributed by atoms with E-state index in [2.05, 4.69) is 0 Å². The van der Waals surface area contributed by atoms with Crippen LogP contribution in [0.1, 0.15) is 5.56 Å². The van der Waals surface area contributed by atoms with Crippen LogP contribution in [0.25, 0.3) is 0 Å². The van der Waals surface area contributed by atoms with Crippen molar-refractivity contribution in [3.63, 3.8) is 0 Å². The molecule has 0 aliphatic carbocycles. The molecule has 1 saturated heterocycles. The number of aryl methyl sites for hydroxylation is 1. The molecule has 0 bridgehead atoms. The standard InChI is InChI=1S/C13H18O8S2/c1-7-2-4-8(5-3-7)23(18,19)22-21-12-10(15)9(6-14)20-13(17)11(12)16/h2-5,9-17H,6H2,1H3/t9-,10+,11-,12+,13?/m1/s1. The molecule has 1 aliphatic rings. The Hall–Kier alpha value is -0.720. The summed E-state index contributed by atoms with van der Waals surface area (Å²) in [5.74, 6) is 0. The quantitative estimate of drug-likeness (QED) is 0.388. The Morgan fingerprint density at radius 3 is 2.35 bits per heavy atom. The lowest BCUT2D eigenvalue weighted by molar-refractivity contribution is -0.280. The van der Waals surface area contributed by atoms with Crippen molar-refractivity contribution < 1.29 is 37.8 Å². The van der Waals surface area contributed by atoms with Gasteiger partial charge in [-0.15, -0.1) is 0 Å². The van der Waals surface area contributed by atoms with Crippen molar-refractivity contribution in [1.82, 2.24) is 0 Å². The molecule has 130 valence electrons. The van der Waals surface area contributed by atoms with Crippen LogP contribution >= 0.6 is 11.1 Å². The number of rotatable bonds is 5. The maximum Gasteiger partial charge on any atom is 0.255 e. The van der Waals surface area contributed by atoms with Crippen LogP contribution in [0.5, 0.6) is 0 Å². The van der Waals surface area contributed by atoms with E-state index in [1.807, 2.05) is 6.92 Å². The molecule has 0 radical (unpaired) electrons. The van der Waals surface area contributed by atoms with E-state index in [0.29, 0.717) is 0 Å². The fourth-order valence-electron chi connectivity index (χ4n) is 2.02. The first-order valence-corrected chi connectivity index (χ1v) is 9.47. The van der Waals surface area contributed by atoms with Crippen LogP contribution in [0.4, 0.5) is 0 Å². The normalized spacial score (nSPS) is 32.0. The van der Waals surface area contributed by atoms with Gasteiger partial charge >= 0.3 is 0 Å². The molecule has 0 aromatic heterocycles. The summed E-state index contributed by atoms with van der Waals surface area (Å²) in [6.45, 7) is 1.19. The third kappa shape index (κ3) is 4.22. The Bertz CT molecular complexity index is 617. The highest BCUT2D eigenvalue weighted by Gasteiger charge is 2.45. The highest BCUT2D eigenvalue weighted by atomic mass is 33.1. The van der Waals surface area contributed by atoms with Crippen molar-refractivity contribution in [2.75, 3.05) is 6.61 Å². The van der Waals surface area contributed by atoms with Crippen LogP contribution in [0, 0.1) is 6.92 Å². The summed E-state index contributed by atoms with van der Waals surface area (Å²) in [5.41, 5.74) is 0.888. The van der Waals surface area contributed by atoms with Crippen molar-refractivity contribution in [2.45, 2.75) is 42.5 Å². The molecular weight excluding hydrogens is 348 g/mol. The molecule has 1 aromatic rings. The van der Waals surface area contributed by atoms with Crippen molar-refractivity contribution in [1.29, 1.82) is 0 Å². The van der Waals surface area contributed by atoms with Crippen LogP contribution in [0.15, 0.2) is 29.2 Å². The number of benzene rings is 1. The molecule has 4 N–H and O–H groups in total. The first-order valence-electron chi connectivity index (χ1n) is 6.73. The molecule has 23 heavy (non-hydrogen) atoms. The summed E-state index contributed by atoms with van der Waals surface area (Å²) < 4.78 is 34.2. The first kappa shape index (κ1) is 18.6. The second-order valence-corrected chi connectivity index (χ2v) is 8.56. The van der Waals surface area contributed by atoms with E-state index in [4.69, 9.17) is 14.0 Å². The van der Waals surface area contributed by atoms with Gasteiger partial charge in [-0.3, -0.25) is 4.18 Å². The van der Waals surface area contributed by atoms with Crippen molar-refractivity contribution >= 4 is 19.9 Å². The molecule has 0 amide bonds. The zero-order chi connectivity index (χ0) is 17.2. The third-order valence-corrected chi connectivity index (χ3v) is 6.07. The average molecular weight is 366 g/mol. The molecule has 8 nitrogen and oxygen atoms in total. The van der Waals surface area contributed by atoms with E-state index in [-0.39, 0.29) is 16.0 Å². The lowest BCUT2D eigenvalue weighted by atomic mass is 9.99. The Kier molecular flexibility index (Phi) is 6.03. The zero-order valence-electron chi connectivity index (χ0n) is 12.1. The molecule has 1 aromatic carbocycles. The Morgan fingerprint density at radius 1 is 1.17 bits per heavy atom. The van der Waals surface area contributed by atoms with Gasteiger partial charge in [-0.1, -0.05) is 17.7 Å². The van der Waals surface area contributed by atoms with Gasteiger partial charge in [0, 0.05) is 0 Å². The van der Waals surface area contributed by atoms with Crippen LogP contribution in [-0.4, -0.2) is 66.2 Å². The summed E-state index contributed by atoms with van der Waals surface area (Å²) in [4.78, 5) is 0.00314. The molecule has 0 spiro atoms. The molecular formula is C13H18O8S2. The average Bonchev–Trinajstić information content (AvgIpc) is 2.51. The summed E-state index contributed by atoms with van der Waals surface area (Å²) in [5, 5.41) is 38.3. The van der Waals surface area contributed by atoms with Crippen molar-refractivity contribution in [3.8, 4) is 0 Å². The molecule has 1 heterocycles. The first-order chi connectivity index (χ1) is 10.8. The number of hydrogen-bond donors (Lipinski definition) is 4. The highest BCUT2D eigenvalue weighted by Crippen LogP contribution is 2.31. The number of aliphatic hydroxyl groups is 4. The van der Waals surface area contributed by atoms with Crippen LogP contribution < -0.4 is 0 Å². The van der Waals surface area contributed by atoms with E-state index in [1.54, 1.807) is 12.1 Å². The smallest absolute Gasteiger partial charge is 0.255 e. The molecule has 1 aliphatic heterocycles. The summed E-state index contributed by atoms with van der Waals surface area (Å²) in [7, 11) is -3.88. The van der Waals surface area contributed by atoms with Gasteiger partial charge in [0.25, 0.3) is 8.87 Å². The number of aliphatic hydroxyl groups excluding tert-OH is 4. The number of hydrogen-bond acceptors (Lipinski definition) is 9. The van der Waals surface area contributed by atoms with E-state index in [9.17, 15) is 23.7 Å². The van der Waals surface area contributed by atoms with Gasteiger partial charge in [0.2, 0.25) is 0 Å². The fraction of sp³-hybridized carbons (Fsp3) is 0.538. The largest absolute Gasteiger partial charge is 0.394 e. The minimum absolute atomic E-state index is 0.00314. The SMILES string of the molecule is Cc1ccc(S(=O)(=O)SO[C@H]2[C@@H](O)[C@@H](CO)OC(O)[C@@H]2O)cc1. The Morgan fingerprint density at radius 2 is 1.78 bits per heavy atom. The van der Waals surface area contributed by atoms with Crippen LogP contribution in [0.2, 0.25) is 0 Å². The van der Waals surface area contributed by atoms with Gasteiger partial charge < -0.3 is 25.2 Å². The molecule has 1 fully saturated rings. The van der Waals surface area contributed by atoms with Gasteiger partial charge in [-0.25, -0.2) is 8.42 Å². The summed E-state index contributed by atoms with van der Waals surface area (Å²) >= 11 is 0.0702. The summed E-state index contributed by atoms with van der Waals surface area (Å²) in [6.07, 6.45) is -7.50. The highest BCUT2D eigenvalue weighted by molar-refractivity contribution is 8.70. The van der Waals surface area contributed by atoms with Gasteiger partial charge in [0.05, 0.1) is 11.5 Å². The monoisotopic (exact) mass is 366 g/mol. The number of ether oxygens (including phenoxy) is 1. The fourth-order valence-corrected chi connectivity index (χ4v) is 4.14. The topological polar surface area (TPSA) is 134 Å². The zero-order valence-corrected chi connectivity index (χ0v) is 13.8. The minimum Gasteiger partial charge on any atom is -0.394 e. The van der Waals surface area contributed by atoms with E-state index in [0.717, 1.165) is 5.56 Å². The van der Waals surface area contributed by atoms with Gasteiger partial charge in [-0.2, -0.15) is 0 Å². The van der Waals surface area contributed by atoms with Crippen LogP contribution in [-0.2, 0) is 17.8 Å². The Labute approximate surface area is 137 Å². The molecule has 2 rings (SSSR count). The third-order valence-electron chi connectivity index (χ3n) is 3.39. The molecule has 1 unspecified atom stereocenters. The van der Waals surface area contributed by atoms with Gasteiger partial charge in [-0.05, 0) is 19.1 Å². The van der Waals surface area contributed by atoms with E-state index < -0.39 is 46.2 Å². The Balaban J connectivity index is 2.09. The molecule has 5 atom stereocenters. The molecule has 10 heteroatoms. The second kappa shape index (κ2) is 7.45. The molecule has 0 saturated carbocycles. The lowest BCUT2D eigenvalue weighted by Gasteiger charge is -2.39. The predicted molar refractivity (Wildman–Crippen MR) is 80.8 cm³/mol. The van der Waals surface area contributed by atoms with E-state index >= 15 is 0 Å². The summed E-state index contributed by atoms with van der Waals surface area (Å²) in [6, 6.07) is 6.06. The maximum atomic E-state index is 12.2. The van der Waals surface area contributed by atoms with Crippen LogP contribution in [0.3, 0.4) is 0 Å². The lowest BCUT2D eigenvalue weighted by Crippen LogP contribution is -2.58. The second-order valence-electron chi connectivity index (χ2n) is 5.12. The van der Waals surface area contributed by atoms with Gasteiger partial charge in [0.1, 0.15) is 35.5 Å². The van der Waals surface area contributed by atoms with Crippen molar-refractivity contribution in [2.24, 2.45) is 0 Å². The predicted octanol–water partition coefficient (Wildman–Crippen LogP) is -0.852.